The molecule has 0 saturated carbocycles. The molecule has 4 rings (SSSR count). The van der Waals surface area contributed by atoms with E-state index in [0.717, 1.165) is 50.7 Å². The molecule has 0 N–H and O–H groups in total. The number of hydrogen-bond acceptors (Lipinski definition) is 6. The number of rotatable bonds is 8. The Hall–Kier alpha value is -2.61. The van der Waals surface area contributed by atoms with Crippen LogP contribution in [0.2, 0.25) is 0 Å². The minimum Gasteiger partial charge on any atom is -0.484 e. The second-order valence-electron chi connectivity index (χ2n) is 8.93. The fourth-order valence-corrected chi connectivity index (χ4v) is 4.69. The minimum absolute atomic E-state index is 0.123. The zero-order chi connectivity index (χ0) is 23.2. The molecule has 2 aromatic rings. The van der Waals surface area contributed by atoms with Crippen molar-refractivity contribution in [3.05, 3.63) is 47.3 Å². The second-order valence-corrected chi connectivity index (χ2v) is 8.93. The van der Waals surface area contributed by atoms with Crippen LogP contribution in [-0.4, -0.2) is 60.0 Å². The standard InChI is InChI=1S/C25H32F2N4O2/c1-2-18-16-28-25(29-17-18)31-11-6-21(7-12-31)33-24-22(26)14-20(15-23(24)27)19-4-9-30(10-5-19)8-3-13-32/h13-17,19,21H,2-12H2,1H3. The van der Waals surface area contributed by atoms with Gasteiger partial charge < -0.3 is 19.3 Å². The van der Waals surface area contributed by atoms with E-state index in [9.17, 15) is 13.6 Å². The van der Waals surface area contributed by atoms with Gasteiger partial charge >= 0.3 is 0 Å². The maximum atomic E-state index is 14.8. The van der Waals surface area contributed by atoms with Gasteiger partial charge in [0.2, 0.25) is 5.95 Å². The lowest BCUT2D eigenvalue weighted by Crippen LogP contribution is -2.39. The average Bonchev–Trinajstić information content (AvgIpc) is 2.85. The van der Waals surface area contributed by atoms with E-state index in [2.05, 4.69) is 26.7 Å². The van der Waals surface area contributed by atoms with Crippen molar-refractivity contribution in [1.82, 2.24) is 14.9 Å². The van der Waals surface area contributed by atoms with Crippen LogP contribution in [0.4, 0.5) is 14.7 Å². The molecule has 178 valence electrons. The molecule has 33 heavy (non-hydrogen) atoms. The van der Waals surface area contributed by atoms with Gasteiger partial charge in [0.05, 0.1) is 0 Å². The Morgan fingerprint density at radius 2 is 1.67 bits per heavy atom. The van der Waals surface area contributed by atoms with E-state index >= 15 is 0 Å². The van der Waals surface area contributed by atoms with Crippen LogP contribution < -0.4 is 9.64 Å². The normalized spacial score (nSPS) is 18.5. The summed E-state index contributed by atoms with van der Waals surface area (Å²) in [5.41, 5.74) is 1.78. The van der Waals surface area contributed by atoms with Gasteiger partial charge in [-0.15, -0.1) is 0 Å². The highest BCUT2D eigenvalue weighted by Gasteiger charge is 2.27. The van der Waals surface area contributed by atoms with Crippen LogP contribution >= 0.6 is 0 Å². The molecule has 0 unspecified atom stereocenters. The zero-order valence-corrected chi connectivity index (χ0v) is 19.2. The van der Waals surface area contributed by atoms with Gasteiger partial charge in [-0.05, 0) is 61.5 Å². The lowest BCUT2D eigenvalue weighted by molar-refractivity contribution is -0.108. The molecule has 2 fully saturated rings. The highest BCUT2D eigenvalue weighted by atomic mass is 19.1. The summed E-state index contributed by atoms with van der Waals surface area (Å²) < 4.78 is 35.4. The Kier molecular flexibility index (Phi) is 7.85. The maximum Gasteiger partial charge on any atom is 0.225 e. The van der Waals surface area contributed by atoms with Gasteiger partial charge in [-0.1, -0.05) is 6.92 Å². The molecule has 3 heterocycles. The van der Waals surface area contributed by atoms with Crippen molar-refractivity contribution >= 4 is 12.2 Å². The third-order valence-corrected chi connectivity index (χ3v) is 6.75. The van der Waals surface area contributed by atoms with Crippen molar-refractivity contribution < 1.29 is 18.3 Å². The average molecular weight is 459 g/mol. The number of piperidine rings is 2. The Morgan fingerprint density at radius 1 is 1.03 bits per heavy atom. The first kappa shape index (κ1) is 23.5. The Morgan fingerprint density at radius 3 is 2.24 bits per heavy atom. The van der Waals surface area contributed by atoms with Gasteiger partial charge in [0.15, 0.2) is 17.4 Å². The van der Waals surface area contributed by atoms with Crippen LogP contribution in [0.1, 0.15) is 56.1 Å². The zero-order valence-electron chi connectivity index (χ0n) is 19.2. The molecule has 8 heteroatoms. The molecule has 2 aliphatic heterocycles. The first-order valence-electron chi connectivity index (χ1n) is 11.9. The Labute approximate surface area is 194 Å². The van der Waals surface area contributed by atoms with E-state index in [0.29, 0.717) is 43.9 Å². The quantitative estimate of drug-likeness (QED) is 0.555. The van der Waals surface area contributed by atoms with Gasteiger partial charge in [-0.25, -0.2) is 18.7 Å². The van der Waals surface area contributed by atoms with Gasteiger partial charge in [0.25, 0.3) is 0 Å². The second kappa shape index (κ2) is 11.0. The van der Waals surface area contributed by atoms with Gasteiger partial charge in [-0.2, -0.15) is 0 Å². The first-order valence-corrected chi connectivity index (χ1v) is 11.9. The maximum absolute atomic E-state index is 14.8. The van der Waals surface area contributed by atoms with E-state index in [1.54, 1.807) is 0 Å². The SMILES string of the molecule is CCc1cnc(N2CCC(Oc3c(F)cc(C4CCN(CCC=O)CC4)cc3F)CC2)nc1. The third kappa shape index (κ3) is 5.85. The van der Waals surface area contributed by atoms with Crippen LogP contribution in [0.5, 0.6) is 5.75 Å². The molecule has 0 amide bonds. The first-order chi connectivity index (χ1) is 16.1. The molecule has 0 atom stereocenters. The number of aldehydes is 1. The molecule has 1 aromatic heterocycles. The van der Waals surface area contributed by atoms with Crippen molar-refractivity contribution in [3.63, 3.8) is 0 Å². The van der Waals surface area contributed by atoms with Crippen molar-refractivity contribution in [2.24, 2.45) is 0 Å². The highest BCUT2D eigenvalue weighted by molar-refractivity contribution is 5.49. The summed E-state index contributed by atoms with van der Waals surface area (Å²) in [6.45, 7) is 5.85. The third-order valence-electron chi connectivity index (χ3n) is 6.75. The summed E-state index contributed by atoms with van der Waals surface area (Å²) in [4.78, 5) is 23.7. The molecular formula is C25H32F2N4O2. The van der Waals surface area contributed by atoms with E-state index in [1.807, 2.05) is 12.4 Å². The van der Waals surface area contributed by atoms with Gasteiger partial charge in [0, 0.05) is 51.3 Å². The summed E-state index contributed by atoms with van der Waals surface area (Å²) in [5, 5.41) is 0. The number of halogens is 2. The molecule has 0 bridgehead atoms. The number of ether oxygens (including phenoxy) is 1. The predicted molar refractivity (Wildman–Crippen MR) is 123 cm³/mol. The molecule has 6 nitrogen and oxygen atoms in total. The lowest BCUT2D eigenvalue weighted by atomic mass is 9.89. The summed E-state index contributed by atoms with van der Waals surface area (Å²) in [6, 6.07) is 2.87. The number of likely N-dealkylation sites (tertiary alicyclic amines) is 1. The van der Waals surface area contributed by atoms with E-state index < -0.39 is 11.6 Å². The highest BCUT2D eigenvalue weighted by Crippen LogP contribution is 2.34. The van der Waals surface area contributed by atoms with Crippen molar-refractivity contribution in [3.8, 4) is 5.75 Å². The molecule has 2 aliphatic rings. The topological polar surface area (TPSA) is 58.6 Å². The number of carbonyl (C=O) groups is 1. The molecule has 2 saturated heterocycles. The summed E-state index contributed by atoms with van der Waals surface area (Å²) in [6.07, 6.45) is 8.75. The van der Waals surface area contributed by atoms with E-state index in [4.69, 9.17) is 4.74 Å². The summed E-state index contributed by atoms with van der Waals surface area (Å²) in [5.74, 6) is -0.727. The van der Waals surface area contributed by atoms with E-state index in [1.165, 1.54) is 12.1 Å². The number of aromatic nitrogens is 2. The number of benzene rings is 1. The van der Waals surface area contributed by atoms with Crippen LogP contribution in [0.3, 0.4) is 0 Å². The summed E-state index contributed by atoms with van der Waals surface area (Å²) in [7, 11) is 0. The number of aryl methyl sites for hydroxylation is 1. The summed E-state index contributed by atoms with van der Waals surface area (Å²) >= 11 is 0. The Bertz CT molecular complexity index is 901. The van der Waals surface area contributed by atoms with Crippen LogP contribution in [-0.2, 0) is 11.2 Å². The number of nitrogens with zero attached hydrogens (tertiary/aromatic N) is 4. The number of hydrogen-bond donors (Lipinski definition) is 0. The van der Waals surface area contributed by atoms with Crippen LogP contribution in [0.25, 0.3) is 0 Å². The lowest BCUT2D eigenvalue weighted by Gasteiger charge is -2.33. The largest absolute Gasteiger partial charge is 0.484 e. The molecular weight excluding hydrogens is 426 g/mol. The monoisotopic (exact) mass is 458 g/mol. The smallest absolute Gasteiger partial charge is 0.225 e. The Balaban J connectivity index is 1.32. The number of carbonyl (C=O) groups excluding carboxylic acids is 1. The van der Waals surface area contributed by atoms with Gasteiger partial charge in [0.1, 0.15) is 12.4 Å². The number of anilines is 1. The molecule has 0 aliphatic carbocycles. The van der Waals surface area contributed by atoms with Crippen LogP contribution in [0, 0.1) is 11.6 Å². The van der Waals surface area contributed by atoms with Crippen LogP contribution in [0.15, 0.2) is 24.5 Å². The fraction of sp³-hybridized carbons (Fsp3) is 0.560. The molecule has 0 spiro atoms. The molecule has 0 radical (unpaired) electrons. The minimum atomic E-state index is -0.630. The predicted octanol–water partition coefficient (Wildman–Crippen LogP) is 4.13. The van der Waals surface area contributed by atoms with Crippen molar-refractivity contribution in [1.29, 1.82) is 0 Å². The van der Waals surface area contributed by atoms with Crippen molar-refractivity contribution in [2.75, 3.05) is 37.6 Å². The molecule has 1 aromatic carbocycles. The van der Waals surface area contributed by atoms with E-state index in [-0.39, 0.29) is 17.8 Å². The van der Waals surface area contributed by atoms with Crippen molar-refractivity contribution in [2.45, 2.75) is 57.5 Å². The fourth-order valence-electron chi connectivity index (χ4n) is 4.69. The van der Waals surface area contributed by atoms with Gasteiger partial charge in [-0.3, -0.25) is 0 Å².